The zero-order valence-electron chi connectivity index (χ0n) is 12.0. The minimum atomic E-state index is -0.700. The number of guanidine groups is 1. The molecule has 1 aliphatic heterocycles. The number of carbonyl (C=O) groups excluding carboxylic acids is 1. The molecule has 112 valence electrons. The highest BCUT2D eigenvalue weighted by Crippen LogP contribution is 2.32. The average Bonchev–Trinajstić information content (AvgIpc) is 2.46. The summed E-state index contributed by atoms with van der Waals surface area (Å²) >= 11 is 0. The Morgan fingerprint density at radius 3 is 2.86 bits per heavy atom. The van der Waals surface area contributed by atoms with Crippen molar-refractivity contribution in [2.24, 2.45) is 4.99 Å². The SMILES string of the molecule is CC(=O)C1=C(C)NC(NC#N)=N[C@@H]1c1cccc([N+](=O)[O-])c1. The summed E-state index contributed by atoms with van der Waals surface area (Å²) in [6.07, 6.45) is 1.74. The fraction of sp³-hybridized carbons (Fsp3) is 0.214. The van der Waals surface area contributed by atoms with Crippen molar-refractivity contribution in [2.75, 3.05) is 0 Å². The Balaban J connectivity index is 2.54. The van der Waals surface area contributed by atoms with Gasteiger partial charge in [-0.2, -0.15) is 5.26 Å². The van der Waals surface area contributed by atoms with Gasteiger partial charge < -0.3 is 5.32 Å². The Morgan fingerprint density at radius 2 is 2.27 bits per heavy atom. The van der Waals surface area contributed by atoms with Crippen LogP contribution in [0, 0.1) is 21.6 Å². The van der Waals surface area contributed by atoms with E-state index in [0.717, 1.165) is 0 Å². The maximum atomic E-state index is 11.9. The number of carbonyl (C=O) groups is 1. The van der Waals surface area contributed by atoms with Gasteiger partial charge in [0.05, 0.1) is 4.92 Å². The lowest BCUT2D eigenvalue weighted by molar-refractivity contribution is -0.384. The number of rotatable bonds is 3. The Morgan fingerprint density at radius 1 is 1.55 bits per heavy atom. The number of nitro groups is 1. The zero-order valence-corrected chi connectivity index (χ0v) is 12.0. The topological polar surface area (TPSA) is 120 Å². The van der Waals surface area contributed by atoms with E-state index in [4.69, 9.17) is 5.26 Å². The first-order chi connectivity index (χ1) is 10.4. The van der Waals surface area contributed by atoms with Crippen molar-refractivity contribution < 1.29 is 9.72 Å². The van der Waals surface area contributed by atoms with Crippen molar-refractivity contribution in [1.82, 2.24) is 10.6 Å². The van der Waals surface area contributed by atoms with Crippen LogP contribution >= 0.6 is 0 Å². The Kier molecular flexibility index (Phi) is 4.18. The molecule has 2 rings (SSSR count). The van der Waals surface area contributed by atoms with Gasteiger partial charge in [0.1, 0.15) is 6.04 Å². The van der Waals surface area contributed by atoms with E-state index in [1.807, 2.05) is 0 Å². The molecule has 1 atom stereocenters. The molecule has 0 amide bonds. The summed E-state index contributed by atoms with van der Waals surface area (Å²) in [6, 6.07) is 5.24. The van der Waals surface area contributed by atoms with Gasteiger partial charge in [-0.15, -0.1) is 0 Å². The minimum Gasteiger partial charge on any atom is -0.329 e. The zero-order chi connectivity index (χ0) is 16.3. The molecule has 0 aliphatic carbocycles. The molecule has 0 radical (unpaired) electrons. The van der Waals surface area contributed by atoms with Gasteiger partial charge in [-0.25, -0.2) is 4.99 Å². The summed E-state index contributed by atoms with van der Waals surface area (Å²) in [4.78, 5) is 26.6. The molecule has 1 aromatic carbocycles. The lowest BCUT2D eigenvalue weighted by Crippen LogP contribution is -2.38. The molecule has 0 aromatic heterocycles. The number of benzene rings is 1. The number of nitriles is 1. The van der Waals surface area contributed by atoms with E-state index in [9.17, 15) is 14.9 Å². The van der Waals surface area contributed by atoms with Crippen LogP contribution in [0.1, 0.15) is 25.5 Å². The van der Waals surface area contributed by atoms with E-state index in [-0.39, 0.29) is 17.4 Å². The number of nitro benzene ring substituents is 1. The minimum absolute atomic E-state index is 0.0819. The fourth-order valence-electron chi connectivity index (χ4n) is 2.30. The third kappa shape index (κ3) is 2.93. The average molecular weight is 299 g/mol. The van der Waals surface area contributed by atoms with Gasteiger partial charge in [-0.3, -0.25) is 20.2 Å². The molecule has 0 fully saturated rings. The predicted octanol–water partition coefficient (Wildman–Crippen LogP) is 1.53. The number of Topliss-reactive ketones (excluding diaryl/α,β-unsaturated/α-hetero) is 1. The summed E-state index contributed by atoms with van der Waals surface area (Å²) in [7, 11) is 0. The van der Waals surface area contributed by atoms with Crippen LogP contribution < -0.4 is 10.6 Å². The third-order valence-electron chi connectivity index (χ3n) is 3.19. The van der Waals surface area contributed by atoms with Crippen molar-refractivity contribution in [3.05, 3.63) is 51.2 Å². The molecular formula is C14H13N5O3. The van der Waals surface area contributed by atoms with E-state index in [1.165, 1.54) is 25.1 Å². The first kappa shape index (κ1) is 15.2. The predicted molar refractivity (Wildman–Crippen MR) is 78.5 cm³/mol. The smallest absolute Gasteiger partial charge is 0.269 e. The van der Waals surface area contributed by atoms with Crippen LogP contribution in [0.4, 0.5) is 5.69 Å². The molecule has 1 aromatic rings. The van der Waals surface area contributed by atoms with Gasteiger partial charge in [-0.1, -0.05) is 12.1 Å². The number of nitrogens with zero attached hydrogens (tertiary/aromatic N) is 3. The van der Waals surface area contributed by atoms with Gasteiger partial charge in [0, 0.05) is 23.4 Å². The van der Waals surface area contributed by atoms with Crippen molar-refractivity contribution >= 4 is 17.4 Å². The van der Waals surface area contributed by atoms with Crippen LogP contribution in [-0.2, 0) is 4.79 Å². The molecule has 0 bridgehead atoms. The first-order valence-corrected chi connectivity index (χ1v) is 6.40. The molecular weight excluding hydrogens is 286 g/mol. The highest BCUT2D eigenvalue weighted by Gasteiger charge is 2.28. The number of hydrogen-bond donors (Lipinski definition) is 2. The van der Waals surface area contributed by atoms with Gasteiger partial charge in [0.2, 0.25) is 5.96 Å². The summed E-state index contributed by atoms with van der Waals surface area (Å²) in [5.41, 5.74) is 1.39. The standard InChI is InChI=1S/C14H13N5O3/c1-8-12(9(2)20)13(18-14(17-8)16-7-15)10-4-3-5-11(6-10)19(21)22/h3-6,13H,1-2H3,(H2,16,17,18)/t13-/m1/s1. The molecule has 0 spiro atoms. The van der Waals surface area contributed by atoms with E-state index >= 15 is 0 Å². The quantitative estimate of drug-likeness (QED) is 0.378. The second-order valence-electron chi connectivity index (χ2n) is 4.69. The number of aliphatic imine (C=N–C) groups is 1. The Labute approximate surface area is 126 Å². The van der Waals surface area contributed by atoms with Gasteiger partial charge in [0.15, 0.2) is 12.0 Å². The van der Waals surface area contributed by atoms with Crippen LogP contribution in [0.25, 0.3) is 0 Å². The van der Waals surface area contributed by atoms with Crippen molar-refractivity contribution in [3.63, 3.8) is 0 Å². The highest BCUT2D eigenvalue weighted by atomic mass is 16.6. The van der Waals surface area contributed by atoms with Crippen molar-refractivity contribution in [1.29, 1.82) is 5.26 Å². The summed E-state index contributed by atoms with van der Waals surface area (Å²) < 4.78 is 0. The van der Waals surface area contributed by atoms with E-state index in [2.05, 4.69) is 15.6 Å². The van der Waals surface area contributed by atoms with Crippen molar-refractivity contribution in [3.8, 4) is 6.19 Å². The van der Waals surface area contributed by atoms with Crippen molar-refractivity contribution in [2.45, 2.75) is 19.9 Å². The largest absolute Gasteiger partial charge is 0.329 e. The van der Waals surface area contributed by atoms with Crippen LogP contribution in [0.5, 0.6) is 0 Å². The third-order valence-corrected chi connectivity index (χ3v) is 3.19. The van der Waals surface area contributed by atoms with Gasteiger partial charge >= 0.3 is 0 Å². The first-order valence-electron chi connectivity index (χ1n) is 6.40. The molecule has 22 heavy (non-hydrogen) atoms. The Bertz CT molecular complexity index is 745. The van der Waals surface area contributed by atoms with Gasteiger partial charge in [-0.05, 0) is 19.4 Å². The molecule has 8 heteroatoms. The second-order valence-corrected chi connectivity index (χ2v) is 4.69. The van der Waals surface area contributed by atoms with Crippen LogP contribution in [0.3, 0.4) is 0 Å². The maximum absolute atomic E-state index is 11.9. The van der Waals surface area contributed by atoms with Crippen LogP contribution in [-0.4, -0.2) is 16.7 Å². The maximum Gasteiger partial charge on any atom is 0.269 e. The molecule has 8 nitrogen and oxygen atoms in total. The summed E-state index contributed by atoms with van der Waals surface area (Å²) in [6.45, 7) is 3.10. The lowest BCUT2D eigenvalue weighted by Gasteiger charge is -2.24. The number of allylic oxidation sites excluding steroid dienone is 1. The lowest BCUT2D eigenvalue weighted by atomic mass is 9.93. The van der Waals surface area contributed by atoms with Crippen LogP contribution in [0.15, 0.2) is 40.5 Å². The Hall–Kier alpha value is -3.21. The van der Waals surface area contributed by atoms with E-state index in [1.54, 1.807) is 19.2 Å². The number of hydrogen-bond acceptors (Lipinski definition) is 7. The molecule has 2 N–H and O–H groups in total. The number of non-ortho nitro benzene ring substituents is 1. The summed E-state index contributed by atoms with van der Waals surface area (Å²) in [5.74, 6) is 0.00256. The molecule has 0 saturated carbocycles. The normalized spacial score (nSPS) is 17.1. The molecule has 0 unspecified atom stereocenters. The monoisotopic (exact) mass is 299 g/mol. The fourth-order valence-corrected chi connectivity index (χ4v) is 2.30. The second kappa shape index (κ2) is 6.05. The molecule has 1 heterocycles. The number of ketones is 1. The molecule has 1 aliphatic rings. The van der Waals surface area contributed by atoms with E-state index in [0.29, 0.717) is 16.8 Å². The van der Waals surface area contributed by atoms with Crippen LogP contribution in [0.2, 0.25) is 0 Å². The highest BCUT2D eigenvalue weighted by molar-refractivity contribution is 5.98. The molecule has 0 saturated heterocycles. The number of nitrogens with one attached hydrogen (secondary N) is 2. The van der Waals surface area contributed by atoms with Gasteiger partial charge in [0.25, 0.3) is 5.69 Å². The van der Waals surface area contributed by atoms with E-state index < -0.39 is 11.0 Å². The summed E-state index contributed by atoms with van der Waals surface area (Å²) in [5, 5.41) is 24.8.